The average molecular weight is 524 g/mol. The number of rotatable bonds is 9. The second-order valence-corrected chi connectivity index (χ2v) is 9.23. The minimum absolute atomic E-state index is 0.151. The van der Waals surface area contributed by atoms with E-state index >= 15 is 0 Å². The SMILES string of the molecule is COc1cc(NC(=O)NCc2nnc(SCc3ccccc3)n2-c2cc(Cl)ccc2C)cc(OC)c1. The number of carbonyl (C=O) groups excluding carboxylic acids is 1. The van der Waals surface area contributed by atoms with E-state index in [2.05, 4.69) is 33.0 Å². The van der Waals surface area contributed by atoms with Crippen molar-refractivity contribution in [2.24, 2.45) is 0 Å². The van der Waals surface area contributed by atoms with E-state index in [4.69, 9.17) is 21.1 Å². The van der Waals surface area contributed by atoms with Crippen LogP contribution in [0.2, 0.25) is 5.02 Å². The van der Waals surface area contributed by atoms with E-state index < -0.39 is 6.03 Å². The minimum Gasteiger partial charge on any atom is -0.497 e. The molecule has 0 unspecified atom stereocenters. The van der Waals surface area contributed by atoms with Crippen molar-refractivity contribution in [1.29, 1.82) is 0 Å². The summed E-state index contributed by atoms with van der Waals surface area (Å²) in [4.78, 5) is 12.7. The quantitative estimate of drug-likeness (QED) is 0.267. The van der Waals surface area contributed by atoms with Gasteiger partial charge in [-0.2, -0.15) is 0 Å². The number of amides is 2. The fraction of sp³-hybridized carbons (Fsp3) is 0.192. The number of halogens is 1. The molecule has 0 fully saturated rings. The molecule has 1 aromatic heterocycles. The molecule has 0 bridgehead atoms. The van der Waals surface area contributed by atoms with Gasteiger partial charge in [-0.15, -0.1) is 10.2 Å². The largest absolute Gasteiger partial charge is 0.497 e. The molecule has 3 aromatic carbocycles. The molecule has 4 aromatic rings. The van der Waals surface area contributed by atoms with E-state index in [1.54, 1.807) is 44.2 Å². The maximum Gasteiger partial charge on any atom is 0.319 e. The van der Waals surface area contributed by atoms with Crippen LogP contribution in [0.15, 0.2) is 71.9 Å². The Hall–Kier alpha value is -3.69. The molecule has 186 valence electrons. The molecule has 0 spiro atoms. The normalized spacial score (nSPS) is 10.7. The second kappa shape index (κ2) is 11.8. The molecule has 0 saturated heterocycles. The van der Waals surface area contributed by atoms with Gasteiger partial charge in [-0.3, -0.25) is 4.57 Å². The van der Waals surface area contributed by atoms with Gasteiger partial charge >= 0.3 is 6.03 Å². The number of anilines is 1. The van der Waals surface area contributed by atoms with Gasteiger partial charge in [-0.25, -0.2) is 4.79 Å². The molecule has 2 N–H and O–H groups in total. The number of hydrogen-bond acceptors (Lipinski definition) is 6. The summed E-state index contributed by atoms with van der Waals surface area (Å²) in [6.45, 7) is 2.15. The van der Waals surface area contributed by atoms with Crippen LogP contribution in [0, 0.1) is 6.92 Å². The van der Waals surface area contributed by atoms with Crippen LogP contribution in [-0.4, -0.2) is 35.0 Å². The first-order valence-electron chi connectivity index (χ1n) is 11.1. The summed E-state index contributed by atoms with van der Waals surface area (Å²) < 4.78 is 12.5. The van der Waals surface area contributed by atoms with Crippen LogP contribution in [-0.2, 0) is 12.3 Å². The molecule has 0 atom stereocenters. The summed E-state index contributed by atoms with van der Waals surface area (Å²) in [7, 11) is 3.10. The van der Waals surface area contributed by atoms with Gasteiger partial charge in [0.15, 0.2) is 11.0 Å². The van der Waals surface area contributed by atoms with Crippen LogP contribution in [0.4, 0.5) is 10.5 Å². The lowest BCUT2D eigenvalue weighted by Crippen LogP contribution is -2.29. The van der Waals surface area contributed by atoms with Crippen LogP contribution in [0.25, 0.3) is 5.69 Å². The van der Waals surface area contributed by atoms with Crippen molar-refractivity contribution in [3.05, 3.63) is 88.7 Å². The highest BCUT2D eigenvalue weighted by atomic mass is 35.5. The van der Waals surface area contributed by atoms with Gasteiger partial charge in [-0.05, 0) is 30.2 Å². The van der Waals surface area contributed by atoms with Crippen molar-refractivity contribution in [2.75, 3.05) is 19.5 Å². The molecule has 0 aliphatic heterocycles. The molecule has 1 heterocycles. The zero-order valence-corrected chi connectivity index (χ0v) is 21.7. The number of ether oxygens (including phenoxy) is 2. The highest BCUT2D eigenvalue weighted by Gasteiger charge is 2.18. The highest BCUT2D eigenvalue weighted by molar-refractivity contribution is 7.98. The Kier molecular flexibility index (Phi) is 8.35. The van der Waals surface area contributed by atoms with Crippen LogP contribution in [0.3, 0.4) is 0 Å². The van der Waals surface area contributed by atoms with E-state index in [1.807, 2.05) is 47.9 Å². The average Bonchev–Trinajstić information content (AvgIpc) is 3.30. The third kappa shape index (κ3) is 6.30. The number of hydrogen-bond donors (Lipinski definition) is 2. The van der Waals surface area contributed by atoms with Gasteiger partial charge in [-0.1, -0.05) is 59.8 Å². The number of nitrogens with zero attached hydrogens (tertiary/aromatic N) is 3. The first-order chi connectivity index (χ1) is 17.5. The van der Waals surface area contributed by atoms with E-state index in [1.165, 1.54) is 5.56 Å². The zero-order valence-electron chi connectivity index (χ0n) is 20.1. The maximum absolute atomic E-state index is 12.7. The Morgan fingerprint density at radius 1 is 1.00 bits per heavy atom. The molecule has 0 radical (unpaired) electrons. The van der Waals surface area contributed by atoms with Crippen molar-refractivity contribution >= 4 is 35.1 Å². The number of benzene rings is 3. The fourth-order valence-electron chi connectivity index (χ4n) is 3.51. The van der Waals surface area contributed by atoms with E-state index in [0.717, 1.165) is 17.0 Å². The van der Waals surface area contributed by atoms with Crippen molar-refractivity contribution in [1.82, 2.24) is 20.1 Å². The lowest BCUT2D eigenvalue weighted by Gasteiger charge is -2.14. The molecule has 8 nitrogen and oxygen atoms in total. The Bertz CT molecular complexity index is 1320. The monoisotopic (exact) mass is 523 g/mol. The van der Waals surface area contributed by atoms with Gasteiger partial charge < -0.3 is 20.1 Å². The van der Waals surface area contributed by atoms with Gasteiger partial charge in [0.25, 0.3) is 0 Å². The van der Waals surface area contributed by atoms with E-state index in [-0.39, 0.29) is 6.54 Å². The van der Waals surface area contributed by atoms with Crippen LogP contribution in [0.5, 0.6) is 11.5 Å². The molecule has 10 heteroatoms. The first kappa shape index (κ1) is 25.4. The molecule has 36 heavy (non-hydrogen) atoms. The predicted molar refractivity (Wildman–Crippen MR) is 143 cm³/mol. The third-order valence-electron chi connectivity index (χ3n) is 5.34. The lowest BCUT2D eigenvalue weighted by atomic mass is 10.2. The Morgan fingerprint density at radius 2 is 1.72 bits per heavy atom. The van der Waals surface area contributed by atoms with E-state index in [0.29, 0.717) is 33.2 Å². The zero-order chi connectivity index (χ0) is 25.5. The summed E-state index contributed by atoms with van der Waals surface area (Å²) >= 11 is 7.88. The number of methoxy groups -OCH3 is 2. The number of nitrogens with one attached hydrogen (secondary N) is 2. The molecule has 0 aliphatic carbocycles. The molecular weight excluding hydrogens is 498 g/mol. The minimum atomic E-state index is -0.402. The number of thioether (sulfide) groups is 1. The molecule has 2 amide bonds. The van der Waals surface area contributed by atoms with Gasteiger partial charge in [0.1, 0.15) is 11.5 Å². The van der Waals surface area contributed by atoms with Gasteiger partial charge in [0.05, 0.1) is 26.5 Å². The standard InChI is InChI=1S/C26H26ClN5O3S/c1-17-9-10-19(27)11-23(17)32-24(30-31-26(32)36-16-18-7-5-4-6-8-18)15-28-25(33)29-20-12-21(34-2)14-22(13-20)35-3/h4-14H,15-16H2,1-3H3,(H2,28,29,33). The first-order valence-corrected chi connectivity index (χ1v) is 12.5. The summed E-state index contributed by atoms with van der Waals surface area (Å²) in [5.74, 6) is 2.44. The van der Waals surface area contributed by atoms with Crippen molar-refractivity contribution in [3.63, 3.8) is 0 Å². The Balaban J connectivity index is 1.54. The summed E-state index contributed by atoms with van der Waals surface area (Å²) in [5, 5.41) is 15.8. The third-order valence-corrected chi connectivity index (χ3v) is 6.57. The van der Waals surface area contributed by atoms with Crippen LogP contribution >= 0.6 is 23.4 Å². The maximum atomic E-state index is 12.7. The fourth-order valence-corrected chi connectivity index (χ4v) is 4.60. The van der Waals surface area contributed by atoms with Gasteiger partial charge in [0.2, 0.25) is 0 Å². The number of carbonyl (C=O) groups is 1. The van der Waals surface area contributed by atoms with E-state index in [9.17, 15) is 4.79 Å². The second-order valence-electron chi connectivity index (χ2n) is 7.85. The smallest absolute Gasteiger partial charge is 0.319 e. The molecular formula is C26H26ClN5O3S. The van der Waals surface area contributed by atoms with Crippen molar-refractivity contribution in [2.45, 2.75) is 24.4 Å². The Morgan fingerprint density at radius 3 is 2.42 bits per heavy atom. The van der Waals surface area contributed by atoms with Crippen LogP contribution < -0.4 is 20.1 Å². The Labute approximate surface area is 219 Å². The van der Waals surface area contributed by atoms with Crippen LogP contribution in [0.1, 0.15) is 17.0 Å². The van der Waals surface area contributed by atoms with Crippen molar-refractivity contribution < 1.29 is 14.3 Å². The summed E-state index contributed by atoms with van der Waals surface area (Å²) in [6, 6.07) is 20.5. The predicted octanol–water partition coefficient (Wildman–Crippen LogP) is 5.86. The number of urea groups is 1. The highest BCUT2D eigenvalue weighted by Crippen LogP contribution is 2.29. The van der Waals surface area contributed by atoms with Crippen molar-refractivity contribution in [3.8, 4) is 17.2 Å². The lowest BCUT2D eigenvalue weighted by molar-refractivity contribution is 0.251. The molecule has 0 aliphatic rings. The topological polar surface area (TPSA) is 90.3 Å². The van der Waals surface area contributed by atoms with Gasteiger partial charge in [0, 0.05) is 34.7 Å². The number of aryl methyl sites for hydroxylation is 1. The summed E-state index contributed by atoms with van der Waals surface area (Å²) in [5.41, 5.74) is 3.58. The molecule has 4 rings (SSSR count). The molecule has 0 saturated carbocycles. The summed E-state index contributed by atoms with van der Waals surface area (Å²) in [6.07, 6.45) is 0. The number of aromatic nitrogens is 3.